The number of rotatable bonds is 9. The number of phenolic OH excluding ortho intramolecular Hbond substituents is 1. The second kappa shape index (κ2) is 10.4. The molecule has 0 unspecified atom stereocenters. The summed E-state index contributed by atoms with van der Waals surface area (Å²) < 4.78 is 44.7. The molecule has 3 rings (SSSR count). The van der Waals surface area contributed by atoms with Gasteiger partial charge in [-0.05, 0) is 66.6 Å². The summed E-state index contributed by atoms with van der Waals surface area (Å²) in [5.41, 5.74) is 3.51. The van der Waals surface area contributed by atoms with Gasteiger partial charge in [-0.2, -0.15) is 13.2 Å². The predicted molar refractivity (Wildman–Crippen MR) is 127 cm³/mol. The summed E-state index contributed by atoms with van der Waals surface area (Å²) in [6, 6.07) is 8.55. The van der Waals surface area contributed by atoms with Crippen molar-refractivity contribution < 1.29 is 32.6 Å². The van der Waals surface area contributed by atoms with Gasteiger partial charge in [-0.15, -0.1) is 0 Å². The van der Waals surface area contributed by atoms with Gasteiger partial charge in [-0.1, -0.05) is 38.6 Å². The van der Waals surface area contributed by atoms with E-state index in [4.69, 9.17) is 9.52 Å². The number of hydrogen-bond donors (Lipinski definition) is 2. The van der Waals surface area contributed by atoms with E-state index in [1.54, 1.807) is 0 Å². The Morgan fingerprint density at radius 3 is 2.43 bits per heavy atom. The Morgan fingerprint density at radius 1 is 1.11 bits per heavy atom. The van der Waals surface area contributed by atoms with Gasteiger partial charge in [0.25, 0.3) is 0 Å². The molecule has 0 spiro atoms. The maximum atomic E-state index is 12.9. The molecular weight excluding hydrogens is 459 g/mol. The van der Waals surface area contributed by atoms with Crippen molar-refractivity contribution in [1.82, 2.24) is 4.98 Å². The van der Waals surface area contributed by atoms with Gasteiger partial charge in [0, 0.05) is 12.3 Å². The number of benzene rings is 2. The van der Waals surface area contributed by atoms with Crippen molar-refractivity contribution >= 4 is 11.5 Å². The molecule has 1 heterocycles. The Morgan fingerprint density at radius 2 is 1.83 bits per heavy atom. The van der Waals surface area contributed by atoms with E-state index in [1.807, 2.05) is 39.0 Å². The van der Waals surface area contributed by atoms with Gasteiger partial charge < -0.3 is 14.6 Å². The number of carboxylic acid groups (broad SMARTS) is 1. The number of phenols is 1. The second-order valence-electron chi connectivity index (χ2n) is 8.85. The van der Waals surface area contributed by atoms with Crippen LogP contribution in [0.2, 0.25) is 0 Å². The Balaban J connectivity index is 1.81. The Kier molecular flexibility index (Phi) is 7.73. The third-order valence-corrected chi connectivity index (χ3v) is 5.84. The zero-order valence-corrected chi connectivity index (χ0v) is 19.9. The average molecular weight is 488 g/mol. The quantitative estimate of drug-likeness (QED) is 0.335. The average Bonchev–Trinajstić information content (AvgIpc) is 3.20. The third-order valence-electron chi connectivity index (χ3n) is 5.84. The van der Waals surface area contributed by atoms with E-state index in [2.05, 4.69) is 11.6 Å². The largest absolute Gasteiger partial charge is 0.507 e. The summed E-state index contributed by atoms with van der Waals surface area (Å²) in [5, 5.41) is 19.2. The lowest BCUT2D eigenvalue weighted by molar-refractivity contribution is -0.138. The van der Waals surface area contributed by atoms with Gasteiger partial charge in [0.05, 0.1) is 16.8 Å². The minimum absolute atomic E-state index is 0.0295. The number of aliphatic carboxylic acids is 1. The van der Waals surface area contributed by atoms with Gasteiger partial charge >= 0.3 is 12.1 Å². The van der Waals surface area contributed by atoms with Crippen molar-refractivity contribution in [3.05, 3.63) is 76.7 Å². The van der Waals surface area contributed by atoms with Crippen molar-refractivity contribution in [3.8, 4) is 17.2 Å². The molecule has 8 heteroatoms. The Bertz CT molecular complexity index is 1240. The van der Waals surface area contributed by atoms with Crippen LogP contribution in [0.4, 0.5) is 13.2 Å². The van der Waals surface area contributed by atoms with Gasteiger partial charge in [0.15, 0.2) is 0 Å². The van der Waals surface area contributed by atoms with Gasteiger partial charge in [0.2, 0.25) is 5.89 Å². The Labute approximate surface area is 201 Å². The van der Waals surface area contributed by atoms with E-state index in [9.17, 15) is 23.1 Å². The van der Waals surface area contributed by atoms with Crippen LogP contribution >= 0.6 is 0 Å². The number of allylic oxidation sites excluding steroid dienone is 1. The number of carboxylic acids is 1. The molecular formula is C27H28F3NO4. The number of halogens is 3. The lowest BCUT2D eigenvalue weighted by Gasteiger charge is -2.11. The van der Waals surface area contributed by atoms with E-state index in [0.717, 1.165) is 34.4 Å². The fraction of sp³-hybridized carbons (Fsp3) is 0.333. The smallest absolute Gasteiger partial charge is 0.416 e. The standard InChI is InChI=1S/C27H28F3NO4/c1-15(2)25-22(31-26(35-25)21-10-9-20(14-23(21)32)27(28,29)30)11-6-17(4)18-7-5-16(3)19(13-18)8-12-24(33)34/h5,7,9-10,13-15,32H,4,6,8,11-12H2,1-3H3,(H,33,34). The number of carbonyl (C=O) groups is 1. The minimum atomic E-state index is -4.56. The fourth-order valence-corrected chi connectivity index (χ4v) is 3.81. The number of nitrogens with zero attached hydrogens (tertiary/aromatic N) is 1. The molecule has 0 saturated heterocycles. The highest BCUT2D eigenvalue weighted by Gasteiger charge is 2.31. The highest BCUT2D eigenvalue weighted by atomic mass is 19.4. The van der Waals surface area contributed by atoms with Gasteiger partial charge in [-0.3, -0.25) is 4.79 Å². The minimum Gasteiger partial charge on any atom is -0.507 e. The SMILES string of the molecule is C=C(CCc1nc(-c2ccc(C(F)(F)F)cc2O)oc1C(C)C)c1ccc(C)c(CCC(=O)O)c1. The normalized spacial score (nSPS) is 11.7. The molecule has 0 aliphatic rings. The van der Waals surface area contributed by atoms with E-state index >= 15 is 0 Å². The molecule has 0 atom stereocenters. The van der Waals surface area contributed by atoms with Crippen molar-refractivity contribution in [2.45, 2.75) is 58.5 Å². The van der Waals surface area contributed by atoms with Gasteiger partial charge in [-0.25, -0.2) is 4.98 Å². The first kappa shape index (κ1) is 26.1. The van der Waals surface area contributed by atoms with Crippen LogP contribution in [-0.4, -0.2) is 21.2 Å². The number of aromatic nitrogens is 1. The molecule has 186 valence electrons. The second-order valence-corrected chi connectivity index (χ2v) is 8.85. The predicted octanol–water partition coefficient (Wildman–Crippen LogP) is 7.16. The summed E-state index contributed by atoms with van der Waals surface area (Å²) in [6.07, 6.45) is -3.05. The van der Waals surface area contributed by atoms with Crippen LogP contribution in [0.3, 0.4) is 0 Å². The lowest BCUT2D eigenvalue weighted by atomic mass is 9.95. The van der Waals surface area contributed by atoms with Crippen LogP contribution in [0, 0.1) is 6.92 Å². The molecule has 5 nitrogen and oxygen atoms in total. The van der Waals surface area contributed by atoms with Crippen molar-refractivity contribution in [1.29, 1.82) is 0 Å². The van der Waals surface area contributed by atoms with Crippen LogP contribution in [0.5, 0.6) is 5.75 Å². The van der Waals surface area contributed by atoms with E-state index in [0.29, 0.717) is 36.8 Å². The van der Waals surface area contributed by atoms with Crippen molar-refractivity contribution in [2.24, 2.45) is 0 Å². The molecule has 0 saturated carbocycles. The Hall–Kier alpha value is -3.55. The zero-order valence-electron chi connectivity index (χ0n) is 19.9. The van der Waals surface area contributed by atoms with Crippen LogP contribution in [0.25, 0.3) is 17.0 Å². The molecule has 0 aliphatic carbocycles. The maximum Gasteiger partial charge on any atom is 0.416 e. The van der Waals surface area contributed by atoms with Crippen LogP contribution in [0.15, 0.2) is 47.4 Å². The first-order chi connectivity index (χ1) is 16.4. The molecule has 0 radical (unpaired) electrons. The topological polar surface area (TPSA) is 83.6 Å². The monoisotopic (exact) mass is 487 g/mol. The molecule has 0 fully saturated rings. The molecule has 35 heavy (non-hydrogen) atoms. The van der Waals surface area contributed by atoms with E-state index < -0.39 is 23.5 Å². The lowest BCUT2D eigenvalue weighted by Crippen LogP contribution is -2.04. The molecule has 2 aromatic carbocycles. The number of hydrogen-bond acceptors (Lipinski definition) is 4. The molecule has 2 N–H and O–H groups in total. The van der Waals surface area contributed by atoms with Crippen LogP contribution < -0.4 is 0 Å². The molecule has 1 aromatic heterocycles. The summed E-state index contributed by atoms with van der Waals surface area (Å²) in [6.45, 7) is 9.95. The number of aromatic hydroxyl groups is 1. The first-order valence-corrected chi connectivity index (χ1v) is 11.3. The summed E-state index contributed by atoms with van der Waals surface area (Å²) in [5.74, 6) is -0.778. The molecule has 3 aromatic rings. The van der Waals surface area contributed by atoms with Crippen molar-refractivity contribution in [2.75, 3.05) is 0 Å². The van der Waals surface area contributed by atoms with Crippen molar-refractivity contribution in [3.63, 3.8) is 0 Å². The third kappa shape index (κ3) is 6.32. The number of oxazole rings is 1. The van der Waals surface area contributed by atoms with E-state index in [-0.39, 0.29) is 23.8 Å². The first-order valence-electron chi connectivity index (χ1n) is 11.3. The van der Waals surface area contributed by atoms with E-state index in [1.165, 1.54) is 0 Å². The summed E-state index contributed by atoms with van der Waals surface area (Å²) in [7, 11) is 0. The van der Waals surface area contributed by atoms with Crippen LogP contribution in [0.1, 0.15) is 66.3 Å². The number of aryl methyl sites for hydroxylation is 3. The highest BCUT2D eigenvalue weighted by Crippen LogP contribution is 2.38. The summed E-state index contributed by atoms with van der Waals surface area (Å²) >= 11 is 0. The molecule has 0 bridgehead atoms. The fourth-order valence-electron chi connectivity index (χ4n) is 3.81. The molecule has 0 amide bonds. The highest BCUT2D eigenvalue weighted by molar-refractivity contribution is 5.68. The maximum absolute atomic E-state index is 12.9. The summed E-state index contributed by atoms with van der Waals surface area (Å²) in [4.78, 5) is 15.4. The molecule has 0 aliphatic heterocycles. The number of alkyl halides is 3. The van der Waals surface area contributed by atoms with Gasteiger partial charge in [0.1, 0.15) is 11.5 Å². The zero-order chi connectivity index (χ0) is 25.9. The van der Waals surface area contributed by atoms with Crippen LogP contribution in [-0.2, 0) is 23.8 Å².